The molecule has 130 valence electrons. The second-order valence-electron chi connectivity index (χ2n) is 6.96. The Bertz CT molecular complexity index is 1260. The van der Waals surface area contributed by atoms with Crippen LogP contribution in [-0.2, 0) is 7.05 Å². The maximum absolute atomic E-state index is 6.01. The van der Waals surface area contributed by atoms with Crippen molar-refractivity contribution in [2.75, 3.05) is 7.05 Å². The van der Waals surface area contributed by atoms with Crippen molar-refractivity contribution < 1.29 is 8.98 Å². The number of hydrogen-bond donors (Lipinski definition) is 0. The van der Waals surface area contributed by atoms with Crippen molar-refractivity contribution in [2.24, 2.45) is 7.05 Å². The molecule has 0 aliphatic carbocycles. The number of fused-ring (bicyclic) bond motifs is 3. The van der Waals surface area contributed by atoms with Gasteiger partial charge in [-0.2, -0.15) is 0 Å². The molecule has 5 heteroatoms. The first kappa shape index (κ1) is 15.9. The summed E-state index contributed by atoms with van der Waals surface area (Å²) >= 11 is 0. The predicted octanol–water partition coefficient (Wildman–Crippen LogP) is 1.22. The van der Waals surface area contributed by atoms with E-state index >= 15 is 0 Å². The van der Waals surface area contributed by atoms with Gasteiger partial charge in [-0.15, -0.1) is 0 Å². The maximum Gasteiger partial charge on any atom is 0.399 e. The highest BCUT2D eigenvalue weighted by atomic mass is 16.3. The van der Waals surface area contributed by atoms with Crippen LogP contribution in [-0.4, -0.2) is 23.7 Å². The average Bonchev–Trinajstić information content (AvgIpc) is 3.06. The highest BCUT2D eigenvalue weighted by molar-refractivity contribution is 6.82. The van der Waals surface area contributed by atoms with Gasteiger partial charge >= 0.3 is 6.85 Å². The zero-order chi connectivity index (χ0) is 18.4. The molecule has 4 aromatic rings. The molecule has 0 saturated heterocycles. The van der Waals surface area contributed by atoms with E-state index in [9.17, 15) is 0 Å². The van der Waals surface area contributed by atoms with Crippen LogP contribution in [0.2, 0.25) is 0 Å². The molecule has 0 saturated carbocycles. The summed E-state index contributed by atoms with van der Waals surface area (Å²) in [4.78, 5) is 6.58. The molecule has 0 amide bonds. The van der Waals surface area contributed by atoms with Crippen LogP contribution in [0.1, 0.15) is 0 Å². The lowest BCUT2D eigenvalue weighted by Gasteiger charge is -2.21. The molecular weight excluding hydrogens is 333 g/mol. The van der Waals surface area contributed by atoms with E-state index in [1.807, 2.05) is 12.1 Å². The van der Waals surface area contributed by atoms with Crippen molar-refractivity contribution in [3.8, 4) is 11.1 Å². The molecule has 0 unspecified atom stereocenters. The first-order valence-electron chi connectivity index (χ1n) is 9.05. The van der Waals surface area contributed by atoms with E-state index in [0.29, 0.717) is 5.71 Å². The van der Waals surface area contributed by atoms with Gasteiger partial charge in [-0.25, -0.2) is 9.55 Å². The van der Waals surface area contributed by atoms with E-state index < -0.39 is 0 Å². The number of rotatable bonds is 2. The Hall–Kier alpha value is -3.34. The fourth-order valence-corrected chi connectivity index (χ4v) is 3.76. The molecular formula is C22H19BN3O+. The van der Waals surface area contributed by atoms with Gasteiger partial charge in [0.1, 0.15) is 12.5 Å². The van der Waals surface area contributed by atoms with Gasteiger partial charge in [0.2, 0.25) is 5.71 Å². The van der Waals surface area contributed by atoms with Gasteiger partial charge in [-0.3, -0.25) is 0 Å². The van der Waals surface area contributed by atoms with Gasteiger partial charge < -0.3 is 9.23 Å². The largest absolute Gasteiger partial charge is 0.439 e. The van der Waals surface area contributed by atoms with Crippen LogP contribution in [0.5, 0.6) is 0 Å². The SMILES string of the molecule is CN1C=c2c(oc3ncccc23)=CB1c1cc(-c2ccccc2)cc[n+]1C. The van der Waals surface area contributed by atoms with Crippen LogP contribution in [0.4, 0.5) is 0 Å². The van der Waals surface area contributed by atoms with Gasteiger partial charge in [-0.1, -0.05) is 30.3 Å². The van der Waals surface area contributed by atoms with Crippen LogP contribution in [0.25, 0.3) is 34.4 Å². The quantitative estimate of drug-likeness (QED) is 0.402. The first-order chi connectivity index (χ1) is 13.2. The fraction of sp³-hybridized carbons (Fsp3) is 0.0909. The standard InChI is InChI=1S/C22H19BN3O/c1-25-12-10-17(16-7-4-3-5-8-16)13-21(25)23-14-20-19(15-26(23)2)18-9-6-11-24-22(18)27-20/h3-15H,1-2H3/q+1. The highest BCUT2D eigenvalue weighted by Crippen LogP contribution is 2.17. The lowest BCUT2D eigenvalue weighted by atomic mass is 9.56. The number of pyridine rings is 2. The minimum Gasteiger partial charge on any atom is -0.439 e. The smallest absolute Gasteiger partial charge is 0.399 e. The van der Waals surface area contributed by atoms with Crippen LogP contribution in [0.15, 0.2) is 71.4 Å². The van der Waals surface area contributed by atoms with Gasteiger partial charge in [0.15, 0.2) is 11.8 Å². The molecule has 1 aromatic carbocycles. The zero-order valence-corrected chi connectivity index (χ0v) is 15.3. The second kappa shape index (κ2) is 6.13. The van der Waals surface area contributed by atoms with E-state index in [0.717, 1.165) is 16.0 Å². The van der Waals surface area contributed by atoms with E-state index in [4.69, 9.17) is 4.42 Å². The molecule has 0 bridgehead atoms. The summed E-state index contributed by atoms with van der Waals surface area (Å²) in [5.41, 5.74) is 5.20. The lowest BCUT2D eigenvalue weighted by Crippen LogP contribution is -2.60. The van der Waals surface area contributed by atoms with Gasteiger partial charge in [0.25, 0.3) is 0 Å². The minimum atomic E-state index is 0.0896. The van der Waals surface area contributed by atoms with Crippen molar-refractivity contribution in [3.05, 3.63) is 77.6 Å². The Kier molecular flexibility index (Phi) is 3.61. The minimum absolute atomic E-state index is 0.0896. The molecule has 3 aromatic heterocycles. The summed E-state index contributed by atoms with van der Waals surface area (Å²) in [5.74, 6) is 2.18. The van der Waals surface area contributed by atoms with Crippen LogP contribution >= 0.6 is 0 Å². The van der Waals surface area contributed by atoms with Crippen molar-refractivity contribution in [3.63, 3.8) is 0 Å². The number of furan rings is 1. The summed E-state index contributed by atoms with van der Waals surface area (Å²) in [6, 6.07) is 18.9. The highest BCUT2D eigenvalue weighted by Gasteiger charge is 2.31. The molecule has 0 radical (unpaired) electrons. The summed E-state index contributed by atoms with van der Waals surface area (Å²) in [6.45, 7) is 0.0896. The van der Waals surface area contributed by atoms with Crippen molar-refractivity contribution in [1.82, 2.24) is 9.79 Å². The van der Waals surface area contributed by atoms with Gasteiger partial charge in [0, 0.05) is 28.9 Å². The Morgan fingerprint density at radius 2 is 1.89 bits per heavy atom. The van der Waals surface area contributed by atoms with E-state index in [1.54, 1.807) is 6.20 Å². The number of hydrogen-bond acceptors (Lipinski definition) is 3. The Balaban J connectivity index is 1.67. The summed E-state index contributed by atoms with van der Waals surface area (Å²) in [6.07, 6.45) is 6.04. The van der Waals surface area contributed by atoms with Crippen molar-refractivity contribution in [1.29, 1.82) is 0 Å². The number of nitrogens with zero attached hydrogens (tertiary/aromatic N) is 3. The Labute approximate surface area is 157 Å². The Morgan fingerprint density at radius 1 is 1.04 bits per heavy atom. The molecule has 1 aliphatic rings. The first-order valence-corrected chi connectivity index (χ1v) is 9.05. The van der Waals surface area contributed by atoms with E-state index in [1.165, 1.54) is 16.7 Å². The lowest BCUT2D eigenvalue weighted by molar-refractivity contribution is -0.654. The monoisotopic (exact) mass is 352 g/mol. The molecule has 4 nitrogen and oxygen atoms in total. The summed E-state index contributed by atoms with van der Waals surface area (Å²) < 4.78 is 8.18. The second-order valence-corrected chi connectivity index (χ2v) is 6.96. The molecule has 5 rings (SSSR count). The summed E-state index contributed by atoms with van der Waals surface area (Å²) in [5, 5.41) is 2.15. The zero-order valence-electron chi connectivity index (χ0n) is 15.3. The number of benzene rings is 1. The third-order valence-corrected chi connectivity index (χ3v) is 5.21. The van der Waals surface area contributed by atoms with Crippen LogP contribution in [0, 0.1) is 0 Å². The van der Waals surface area contributed by atoms with E-state index in [-0.39, 0.29) is 6.85 Å². The fourth-order valence-electron chi connectivity index (χ4n) is 3.76. The normalized spacial score (nSPS) is 13.3. The topological polar surface area (TPSA) is 33.2 Å². The van der Waals surface area contributed by atoms with E-state index in [2.05, 4.69) is 89.3 Å². The average molecular weight is 352 g/mol. The molecule has 0 atom stereocenters. The third kappa shape index (κ3) is 2.63. The molecule has 27 heavy (non-hydrogen) atoms. The number of aromatic nitrogens is 2. The molecule has 4 heterocycles. The van der Waals surface area contributed by atoms with Crippen molar-refractivity contribution >= 4 is 35.7 Å². The molecule has 0 spiro atoms. The third-order valence-electron chi connectivity index (χ3n) is 5.21. The summed E-state index contributed by atoms with van der Waals surface area (Å²) in [7, 11) is 4.19. The van der Waals surface area contributed by atoms with Crippen LogP contribution in [0.3, 0.4) is 0 Å². The van der Waals surface area contributed by atoms with Crippen molar-refractivity contribution in [2.45, 2.75) is 0 Å². The molecule has 0 fully saturated rings. The maximum atomic E-state index is 6.01. The van der Waals surface area contributed by atoms with Crippen LogP contribution < -0.4 is 20.8 Å². The number of aryl methyl sites for hydroxylation is 1. The molecule has 0 N–H and O–H groups in total. The predicted molar refractivity (Wildman–Crippen MR) is 108 cm³/mol. The van der Waals surface area contributed by atoms with Gasteiger partial charge in [-0.05, 0) is 42.5 Å². The molecule has 1 aliphatic heterocycles. The Morgan fingerprint density at radius 3 is 2.74 bits per heavy atom. The van der Waals surface area contributed by atoms with Gasteiger partial charge in [0.05, 0.1) is 0 Å².